The van der Waals surface area contributed by atoms with Crippen LogP contribution in [0.2, 0.25) is 0 Å². The van der Waals surface area contributed by atoms with Crippen LogP contribution in [-0.4, -0.2) is 17.0 Å². The lowest BCUT2D eigenvalue weighted by molar-refractivity contribution is 0.625. The minimum absolute atomic E-state index is 0.236. The van der Waals surface area contributed by atoms with Gasteiger partial charge in [-0.1, -0.05) is 12.1 Å². The van der Waals surface area contributed by atoms with E-state index in [1.54, 1.807) is 17.4 Å². The molecule has 0 unspecified atom stereocenters. The van der Waals surface area contributed by atoms with Gasteiger partial charge in [-0.25, -0.2) is 9.37 Å². The van der Waals surface area contributed by atoms with Crippen LogP contribution in [0.25, 0.3) is 10.2 Å². The number of nitrogens with zero attached hydrogens (tertiary/aromatic N) is 3. The Bertz CT molecular complexity index is 799. The SMILES string of the molecule is Cc1cc2c(N(C)Cc3cccc(F)c3)nc(N)nc2s1. The third-order valence-electron chi connectivity index (χ3n) is 3.18. The highest BCUT2D eigenvalue weighted by atomic mass is 32.1. The predicted octanol–water partition coefficient (Wildman–Crippen LogP) is 3.36. The molecule has 0 aliphatic rings. The van der Waals surface area contributed by atoms with Crippen molar-refractivity contribution >= 4 is 33.3 Å². The molecule has 108 valence electrons. The highest BCUT2D eigenvalue weighted by Crippen LogP contribution is 2.31. The van der Waals surface area contributed by atoms with Crippen LogP contribution >= 0.6 is 11.3 Å². The molecule has 0 radical (unpaired) electrons. The Morgan fingerprint density at radius 3 is 2.86 bits per heavy atom. The summed E-state index contributed by atoms with van der Waals surface area (Å²) in [4.78, 5) is 12.6. The van der Waals surface area contributed by atoms with Crippen LogP contribution in [0.4, 0.5) is 16.2 Å². The van der Waals surface area contributed by atoms with E-state index in [0.29, 0.717) is 6.54 Å². The zero-order valence-corrected chi connectivity index (χ0v) is 12.6. The fraction of sp³-hybridized carbons (Fsp3) is 0.200. The summed E-state index contributed by atoms with van der Waals surface area (Å²) < 4.78 is 13.3. The molecule has 0 saturated carbocycles. The van der Waals surface area contributed by atoms with Gasteiger partial charge in [0.1, 0.15) is 16.5 Å². The summed E-state index contributed by atoms with van der Waals surface area (Å²) in [6.07, 6.45) is 0. The predicted molar refractivity (Wildman–Crippen MR) is 85.1 cm³/mol. The lowest BCUT2D eigenvalue weighted by Gasteiger charge is -2.19. The third-order valence-corrected chi connectivity index (χ3v) is 4.13. The van der Waals surface area contributed by atoms with Gasteiger partial charge in [0.05, 0.1) is 5.39 Å². The smallest absolute Gasteiger partial charge is 0.223 e. The number of fused-ring (bicyclic) bond motifs is 1. The van der Waals surface area contributed by atoms with E-state index in [1.165, 1.54) is 12.1 Å². The van der Waals surface area contributed by atoms with E-state index in [2.05, 4.69) is 16.0 Å². The molecular formula is C15H15FN4S. The number of rotatable bonds is 3. The number of thiophene rings is 1. The van der Waals surface area contributed by atoms with Gasteiger partial charge in [0.15, 0.2) is 0 Å². The molecule has 4 nitrogen and oxygen atoms in total. The van der Waals surface area contributed by atoms with Crippen LogP contribution in [0.15, 0.2) is 30.3 Å². The van der Waals surface area contributed by atoms with Gasteiger partial charge in [0.25, 0.3) is 0 Å². The fourth-order valence-electron chi connectivity index (χ4n) is 2.32. The number of anilines is 2. The van der Waals surface area contributed by atoms with Gasteiger partial charge in [-0.3, -0.25) is 0 Å². The van der Waals surface area contributed by atoms with Crippen LogP contribution in [0.1, 0.15) is 10.4 Å². The summed E-state index contributed by atoms with van der Waals surface area (Å²) in [6.45, 7) is 2.58. The fourth-order valence-corrected chi connectivity index (χ4v) is 3.20. The molecule has 0 aliphatic carbocycles. The van der Waals surface area contributed by atoms with E-state index in [4.69, 9.17) is 5.73 Å². The zero-order valence-electron chi connectivity index (χ0n) is 11.8. The quantitative estimate of drug-likeness (QED) is 0.806. The summed E-state index contributed by atoms with van der Waals surface area (Å²) in [6, 6.07) is 8.61. The third kappa shape index (κ3) is 2.80. The summed E-state index contributed by atoms with van der Waals surface area (Å²) in [5.41, 5.74) is 6.67. The van der Waals surface area contributed by atoms with E-state index in [-0.39, 0.29) is 11.8 Å². The first kappa shape index (κ1) is 13.8. The van der Waals surface area contributed by atoms with Crippen molar-refractivity contribution in [2.75, 3.05) is 17.7 Å². The van der Waals surface area contributed by atoms with Gasteiger partial charge in [-0.15, -0.1) is 11.3 Å². The summed E-state index contributed by atoms with van der Waals surface area (Å²) >= 11 is 1.59. The Morgan fingerprint density at radius 2 is 2.10 bits per heavy atom. The molecular weight excluding hydrogens is 287 g/mol. The van der Waals surface area contributed by atoms with E-state index >= 15 is 0 Å². The lowest BCUT2D eigenvalue weighted by atomic mass is 10.2. The molecule has 0 bridgehead atoms. The molecule has 3 rings (SSSR count). The molecule has 0 fully saturated rings. The Hall–Kier alpha value is -2.21. The van der Waals surface area contributed by atoms with Gasteiger partial charge >= 0.3 is 0 Å². The van der Waals surface area contributed by atoms with Crippen molar-refractivity contribution < 1.29 is 4.39 Å². The van der Waals surface area contributed by atoms with Crippen molar-refractivity contribution in [3.8, 4) is 0 Å². The molecule has 3 aromatic rings. The first-order chi connectivity index (χ1) is 10.0. The number of hydrogen-bond acceptors (Lipinski definition) is 5. The number of aryl methyl sites for hydroxylation is 1. The van der Waals surface area contributed by atoms with Crippen LogP contribution in [0.5, 0.6) is 0 Å². The Labute approximate surface area is 126 Å². The molecule has 0 aliphatic heterocycles. The van der Waals surface area contributed by atoms with Crippen molar-refractivity contribution in [2.24, 2.45) is 0 Å². The summed E-state index contributed by atoms with van der Waals surface area (Å²) in [5, 5.41) is 0.977. The van der Waals surface area contributed by atoms with Crippen molar-refractivity contribution in [1.82, 2.24) is 9.97 Å². The molecule has 2 heterocycles. The molecule has 0 saturated heterocycles. The van der Waals surface area contributed by atoms with Crippen LogP contribution in [-0.2, 0) is 6.54 Å². The van der Waals surface area contributed by atoms with Gasteiger partial charge < -0.3 is 10.6 Å². The maximum atomic E-state index is 13.3. The van der Waals surface area contributed by atoms with Crippen molar-refractivity contribution in [1.29, 1.82) is 0 Å². The minimum Gasteiger partial charge on any atom is -0.368 e. The molecule has 1 aromatic carbocycles. The molecule has 2 N–H and O–H groups in total. The lowest BCUT2D eigenvalue weighted by Crippen LogP contribution is -2.18. The van der Waals surface area contributed by atoms with Crippen molar-refractivity contribution in [3.63, 3.8) is 0 Å². The largest absolute Gasteiger partial charge is 0.368 e. The standard InChI is InChI=1S/C15H15FN4S/c1-9-6-12-13(18-15(17)19-14(12)21-9)20(2)8-10-4-3-5-11(16)7-10/h3-7H,8H2,1-2H3,(H2,17,18,19). The maximum Gasteiger partial charge on any atom is 0.223 e. The van der Waals surface area contributed by atoms with E-state index in [0.717, 1.165) is 26.5 Å². The van der Waals surface area contributed by atoms with Crippen molar-refractivity contribution in [2.45, 2.75) is 13.5 Å². The number of aromatic nitrogens is 2. The molecule has 0 atom stereocenters. The molecule has 21 heavy (non-hydrogen) atoms. The second kappa shape index (κ2) is 5.29. The normalized spacial score (nSPS) is 11.0. The number of nitrogens with two attached hydrogens (primary N) is 1. The summed E-state index contributed by atoms with van der Waals surface area (Å²) in [7, 11) is 1.92. The second-order valence-electron chi connectivity index (χ2n) is 4.97. The Morgan fingerprint density at radius 1 is 1.29 bits per heavy atom. The number of halogens is 1. The summed E-state index contributed by atoms with van der Waals surface area (Å²) in [5.74, 6) is 0.788. The Kier molecular flexibility index (Phi) is 3.47. The van der Waals surface area contributed by atoms with Gasteiger partial charge in [0, 0.05) is 18.5 Å². The van der Waals surface area contributed by atoms with Gasteiger partial charge in [-0.05, 0) is 30.7 Å². The highest BCUT2D eigenvalue weighted by molar-refractivity contribution is 7.18. The second-order valence-corrected chi connectivity index (χ2v) is 6.20. The van der Waals surface area contributed by atoms with Crippen LogP contribution in [0, 0.1) is 12.7 Å². The molecule has 0 amide bonds. The van der Waals surface area contributed by atoms with E-state index in [1.807, 2.05) is 24.9 Å². The van der Waals surface area contributed by atoms with Crippen molar-refractivity contribution in [3.05, 3.63) is 46.6 Å². The molecule has 6 heteroatoms. The number of hydrogen-bond donors (Lipinski definition) is 1. The number of benzene rings is 1. The average Bonchev–Trinajstić information content (AvgIpc) is 2.77. The van der Waals surface area contributed by atoms with Crippen LogP contribution in [0.3, 0.4) is 0 Å². The van der Waals surface area contributed by atoms with E-state index < -0.39 is 0 Å². The van der Waals surface area contributed by atoms with Gasteiger partial charge in [-0.2, -0.15) is 4.98 Å². The monoisotopic (exact) mass is 302 g/mol. The molecule has 0 spiro atoms. The van der Waals surface area contributed by atoms with Crippen LogP contribution < -0.4 is 10.6 Å². The maximum absolute atomic E-state index is 13.3. The zero-order chi connectivity index (χ0) is 15.0. The van der Waals surface area contributed by atoms with Gasteiger partial charge in [0.2, 0.25) is 5.95 Å². The van der Waals surface area contributed by atoms with E-state index in [9.17, 15) is 4.39 Å². The first-order valence-corrected chi connectivity index (χ1v) is 7.34. The molecule has 2 aromatic heterocycles. The highest BCUT2D eigenvalue weighted by Gasteiger charge is 2.13. The first-order valence-electron chi connectivity index (χ1n) is 6.52. The average molecular weight is 302 g/mol. The number of nitrogen functional groups attached to an aromatic ring is 1. The topological polar surface area (TPSA) is 55.0 Å². The minimum atomic E-state index is -0.236. The Balaban J connectivity index is 1.99.